The van der Waals surface area contributed by atoms with Crippen LogP contribution in [-0.2, 0) is 16.1 Å². The highest BCUT2D eigenvalue weighted by Crippen LogP contribution is 2.31. The van der Waals surface area contributed by atoms with Crippen LogP contribution in [-0.4, -0.2) is 35.8 Å². The molecule has 3 N–H and O–H groups in total. The maximum absolute atomic E-state index is 12.5. The lowest BCUT2D eigenvalue weighted by Gasteiger charge is -2.21. The number of nitrogens with one attached hydrogen (secondary N) is 1. The third-order valence-electron chi connectivity index (χ3n) is 5.13. The Balaban J connectivity index is 1.56. The van der Waals surface area contributed by atoms with Gasteiger partial charge in [-0.25, -0.2) is 0 Å². The van der Waals surface area contributed by atoms with Gasteiger partial charge in [0.2, 0.25) is 11.8 Å². The number of nitrogens with zero attached hydrogens (tertiary/aromatic N) is 1. The molecule has 1 aromatic carbocycles. The Morgan fingerprint density at radius 1 is 1.22 bits per heavy atom. The Labute approximate surface area is 137 Å². The molecule has 5 nitrogen and oxygen atoms in total. The lowest BCUT2D eigenvalue weighted by Crippen LogP contribution is -2.45. The molecule has 0 bridgehead atoms. The third kappa shape index (κ3) is 3.55. The fourth-order valence-corrected chi connectivity index (χ4v) is 3.78. The lowest BCUT2D eigenvalue weighted by molar-refractivity contribution is -0.134. The first-order valence-electron chi connectivity index (χ1n) is 8.52. The molecule has 1 aromatic rings. The summed E-state index contributed by atoms with van der Waals surface area (Å²) in [6.45, 7) is 1.86. The van der Waals surface area contributed by atoms with Crippen molar-refractivity contribution in [3.63, 3.8) is 0 Å². The van der Waals surface area contributed by atoms with Gasteiger partial charge in [-0.2, -0.15) is 0 Å². The lowest BCUT2D eigenvalue weighted by atomic mass is 9.95. The van der Waals surface area contributed by atoms with Gasteiger partial charge >= 0.3 is 0 Å². The summed E-state index contributed by atoms with van der Waals surface area (Å²) >= 11 is 0. The molecule has 5 heteroatoms. The molecule has 2 fully saturated rings. The third-order valence-corrected chi connectivity index (χ3v) is 5.13. The van der Waals surface area contributed by atoms with E-state index in [4.69, 9.17) is 5.73 Å². The summed E-state index contributed by atoms with van der Waals surface area (Å²) in [7, 11) is 0. The van der Waals surface area contributed by atoms with Gasteiger partial charge in [0, 0.05) is 19.0 Å². The van der Waals surface area contributed by atoms with Gasteiger partial charge in [0.05, 0.1) is 0 Å². The van der Waals surface area contributed by atoms with Gasteiger partial charge in [-0.05, 0) is 37.3 Å². The van der Waals surface area contributed by atoms with Gasteiger partial charge in [-0.15, -0.1) is 0 Å². The molecule has 0 aromatic heterocycles. The number of hydrogen-bond acceptors (Lipinski definition) is 3. The minimum atomic E-state index is -0.370. The monoisotopic (exact) mass is 315 g/mol. The van der Waals surface area contributed by atoms with Crippen LogP contribution in [0.4, 0.5) is 0 Å². The topological polar surface area (TPSA) is 75.4 Å². The van der Waals surface area contributed by atoms with E-state index in [0.717, 1.165) is 24.8 Å². The van der Waals surface area contributed by atoms with Crippen LogP contribution in [0.25, 0.3) is 0 Å². The SMILES string of the molecule is NC[C@H]1CCC[C@H]1C(=O)NC1CCN(Cc2ccccc2)C1=O. The van der Waals surface area contributed by atoms with E-state index in [9.17, 15) is 9.59 Å². The van der Waals surface area contributed by atoms with Gasteiger partial charge in [-0.3, -0.25) is 9.59 Å². The van der Waals surface area contributed by atoms with Crippen LogP contribution in [0.15, 0.2) is 30.3 Å². The molecule has 124 valence electrons. The summed E-state index contributed by atoms with van der Waals surface area (Å²) in [5, 5.41) is 2.96. The van der Waals surface area contributed by atoms with Crippen LogP contribution < -0.4 is 11.1 Å². The van der Waals surface area contributed by atoms with E-state index >= 15 is 0 Å². The van der Waals surface area contributed by atoms with E-state index in [1.165, 1.54) is 0 Å². The molecule has 1 saturated heterocycles. The maximum Gasteiger partial charge on any atom is 0.245 e. The average molecular weight is 315 g/mol. The van der Waals surface area contributed by atoms with Gasteiger partial charge in [0.25, 0.3) is 0 Å². The largest absolute Gasteiger partial charge is 0.344 e. The number of likely N-dealkylation sites (tertiary alicyclic amines) is 1. The number of carbonyl (C=O) groups is 2. The Morgan fingerprint density at radius 2 is 2.00 bits per heavy atom. The number of nitrogens with two attached hydrogens (primary N) is 1. The highest BCUT2D eigenvalue weighted by molar-refractivity contribution is 5.90. The highest BCUT2D eigenvalue weighted by atomic mass is 16.2. The maximum atomic E-state index is 12.5. The van der Waals surface area contributed by atoms with E-state index in [0.29, 0.717) is 26.1 Å². The van der Waals surface area contributed by atoms with Crippen molar-refractivity contribution >= 4 is 11.8 Å². The van der Waals surface area contributed by atoms with Gasteiger partial charge in [-0.1, -0.05) is 36.8 Å². The normalized spacial score (nSPS) is 27.4. The summed E-state index contributed by atoms with van der Waals surface area (Å²) in [5.74, 6) is 0.297. The predicted octanol–water partition coefficient (Wildman–Crippen LogP) is 1.28. The Kier molecular flexibility index (Phi) is 4.96. The van der Waals surface area contributed by atoms with E-state index < -0.39 is 0 Å². The molecular formula is C18H25N3O2. The van der Waals surface area contributed by atoms with E-state index in [1.54, 1.807) is 0 Å². The van der Waals surface area contributed by atoms with E-state index in [1.807, 2.05) is 35.2 Å². The first-order chi connectivity index (χ1) is 11.2. The zero-order valence-electron chi connectivity index (χ0n) is 13.4. The van der Waals surface area contributed by atoms with Crippen molar-refractivity contribution in [3.8, 4) is 0 Å². The quantitative estimate of drug-likeness (QED) is 0.859. The zero-order chi connectivity index (χ0) is 16.2. The summed E-state index contributed by atoms with van der Waals surface area (Å²) in [6, 6.07) is 9.58. The fourth-order valence-electron chi connectivity index (χ4n) is 3.78. The van der Waals surface area contributed by atoms with Crippen molar-refractivity contribution in [2.75, 3.05) is 13.1 Å². The summed E-state index contributed by atoms with van der Waals surface area (Å²) in [6.07, 6.45) is 3.66. The Morgan fingerprint density at radius 3 is 2.74 bits per heavy atom. The minimum Gasteiger partial charge on any atom is -0.344 e. The molecule has 1 aliphatic heterocycles. The molecule has 3 atom stereocenters. The van der Waals surface area contributed by atoms with Crippen molar-refractivity contribution in [2.24, 2.45) is 17.6 Å². The zero-order valence-corrected chi connectivity index (χ0v) is 13.4. The first kappa shape index (κ1) is 16.0. The van der Waals surface area contributed by atoms with Gasteiger partial charge < -0.3 is 16.0 Å². The standard InChI is InChI=1S/C18H25N3O2/c19-11-14-7-4-8-15(14)17(22)20-16-9-10-21(18(16)23)12-13-5-2-1-3-6-13/h1-3,5-6,14-16H,4,7-12,19H2,(H,20,22)/t14-,15-,16?/m1/s1. The summed E-state index contributed by atoms with van der Waals surface area (Å²) in [4.78, 5) is 26.8. The minimum absolute atomic E-state index is 0.0119. The number of carbonyl (C=O) groups excluding carboxylic acids is 2. The van der Waals surface area contributed by atoms with Crippen molar-refractivity contribution in [1.29, 1.82) is 0 Å². The van der Waals surface area contributed by atoms with E-state index in [-0.39, 0.29) is 29.7 Å². The number of rotatable bonds is 5. The van der Waals surface area contributed by atoms with Crippen molar-refractivity contribution < 1.29 is 9.59 Å². The Bertz CT molecular complexity index is 561. The van der Waals surface area contributed by atoms with Crippen LogP contribution in [0, 0.1) is 11.8 Å². The number of amides is 2. The van der Waals surface area contributed by atoms with Crippen LogP contribution in [0.5, 0.6) is 0 Å². The second-order valence-electron chi connectivity index (χ2n) is 6.63. The molecular weight excluding hydrogens is 290 g/mol. The van der Waals surface area contributed by atoms with Crippen LogP contribution in [0.2, 0.25) is 0 Å². The van der Waals surface area contributed by atoms with Crippen molar-refractivity contribution in [3.05, 3.63) is 35.9 Å². The van der Waals surface area contributed by atoms with Crippen molar-refractivity contribution in [2.45, 2.75) is 38.3 Å². The number of hydrogen-bond donors (Lipinski definition) is 2. The predicted molar refractivity (Wildman–Crippen MR) is 88.3 cm³/mol. The second kappa shape index (κ2) is 7.13. The van der Waals surface area contributed by atoms with Crippen LogP contribution in [0.1, 0.15) is 31.2 Å². The van der Waals surface area contributed by atoms with Crippen LogP contribution in [0.3, 0.4) is 0 Å². The molecule has 2 amide bonds. The molecule has 1 aliphatic carbocycles. The molecule has 1 saturated carbocycles. The second-order valence-corrected chi connectivity index (χ2v) is 6.63. The smallest absolute Gasteiger partial charge is 0.245 e. The fraction of sp³-hybridized carbons (Fsp3) is 0.556. The average Bonchev–Trinajstić information content (AvgIpc) is 3.17. The highest BCUT2D eigenvalue weighted by Gasteiger charge is 2.37. The molecule has 1 heterocycles. The number of benzene rings is 1. The summed E-state index contributed by atoms with van der Waals surface area (Å²) < 4.78 is 0. The van der Waals surface area contributed by atoms with Crippen LogP contribution >= 0.6 is 0 Å². The van der Waals surface area contributed by atoms with E-state index in [2.05, 4.69) is 5.32 Å². The molecule has 23 heavy (non-hydrogen) atoms. The van der Waals surface area contributed by atoms with Gasteiger partial charge in [0.15, 0.2) is 0 Å². The van der Waals surface area contributed by atoms with Gasteiger partial charge in [0.1, 0.15) is 6.04 Å². The molecule has 0 radical (unpaired) electrons. The molecule has 3 rings (SSSR count). The molecule has 2 aliphatic rings. The van der Waals surface area contributed by atoms with Crippen molar-refractivity contribution in [1.82, 2.24) is 10.2 Å². The summed E-state index contributed by atoms with van der Waals surface area (Å²) in [5.41, 5.74) is 6.87. The Hall–Kier alpha value is -1.88. The molecule has 0 spiro atoms. The molecule has 1 unspecified atom stereocenters. The first-order valence-corrected chi connectivity index (χ1v) is 8.52.